The van der Waals surface area contributed by atoms with Gasteiger partial charge in [0.25, 0.3) is 0 Å². The molecule has 0 amide bonds. The highest BCUT2D eigenvalue weighted by Crippen LogP contribution is 2.30. The third-order valence-corrected chi connectivity index (χ3v) is 4.47. The van der Waals surface area contributed by atoms with Gasteiger partial charge in [-0.3, -0.25) is 4.90 Å². The van der Waals surface area contributed by atoms with Crippen LogP contribution in [0.4, 0.5) is 0 Å². The number of likely N-dealkylation sites (tertiary alicyclic amines) is 1. The van der Waals surface area contributed by atoms with Crippen molar-refractivity contribution < 1.29 is 0 Å². The van der Waals surface area contributed by atoms with E-state index in [0.29, 0.717) is 6.04 Å². The van der Waals surface area contributed by atoms with Gasteiger partial charge in [-0.1, -0.05) is 57.0 Å². The van der Waals surface area contributed by atoms with Crippen molar-refractivity contribution in [2.45, 2.75) is 58.0 Å². The smallest absolute Gasteiger partial charge is 0.0475 e. The van der Waals surface area contributed by atoms with E-state index in [9.17, 15) is 0 Å². The van der Waals surface area contributed by atoms with Crippen molar-refractivity contribution in [3.63, 3.8) is 0 Å². The topological polar surface area (TPSA) is 15.3 Å². The first kappa shape index (κ1) is 15.5. The lowest BCUT2D eigenvalue weighted by atomic mass is 9.93. The van der Waals surface area contributed by atoms with Crippen LogP contribution < -0.4 is 5.32 Å². The molecule has 2 heteroatoms. The number of benzene rings is 1. The highest BCUT2D eigenvalue weighted by molar-refractivity contribution is 5.20. The van der Waals surface area contributed by atoms with Crippen LogP contribution in [0, 0.1) is 0 Å². The predicted molar refractivity (Wildman–Crippen MR) is 87.0 cm³/mol. The van der Waals surface area contributed by atoms with Crippen LogP contribution >= 0.6 is 0 Å². The number of piperidine rings is 1. The number of rotatable bonds is 7. The second kappa shape index (κ2) is 8.43. The first-order valence-electron chi connectivity index (χ1n) is 8.38. The summed E-state index contributed by atoms with van der Waals surface area (Å²) in [6.07, 6.45) is 6.78. The maximum atomic E-state index is 3.57. The van der Waals surface area contributed by atoms with Crippen LogP contribution in [0.5, 0.6) is 0 Å². The predicted octanol–water partition coefficient (Wildman–Crippen LogP) is 3.99. The molecular weight excluding hydrogens is 244 g/mol. The Bertz CT molecular complexity index is 361. The molecule has 0 bridgehead atoms. The van der Waals surface area contributed by atoms with E-state index in [1.54, 1.807) is 0 Å². The van der Waals surface area contributed by atoms with E-state index in [2.05, 4.69) is 54.4 Å². The molecule has 1 aromatic carbocycles. The maximum absolute atomic E-state index is 3.57. The van der Waals surface area contributed by atoms with Crippen LogP contribution in [0.3, 0.4) is 0 Å². The summed E-state index contributed by atoms with van der Waals surface area (Å²) in [5, 5.41) is 3.57. The summed E-state index contributed by atoms with van der Waals surface area (Å²) in [5.74, 6) is 0. The normalized spacial score (nSPS) is 21.8. The van der Waals surface area contributed by atoms with Gasteiger partial charge in [0.2, 0.25) is 0 Å². The molecule has 2 rings (SSSR count). The third-order valence-electron chi connectivity index (χ3n) is 4.47. The Morgan fingerprint density at radius 3 is 2.70 bits per heavy atom. The molecule has 2 nitrogen and oxygen atoms in total. The van der Waals surface area contributed by atoms with E-state index in [1.807, 2.05) is 0 Å². The van der Waals surface area contributed by atoms with Gasteiger partial charge in [-0.05, 0) is 37.9 Å². The second-order valence-corrected chi connectivity index (χ2v) is 5.91. The Hall–Kier alpha value is -0.860. The molecule has 0 saturated carbocycles. The number of nitrogens with zero attached hydrogens (tertiary/aromatic N) is 1. The summed E-state index contributed by atoms with van der Waals surface area (Å²) >= 11 is 0. The minimum atomic E-state index is 0.535. The molecule has 1 saturated heterocycles. The fraction of sp³-hybridized carbons (Fsp3) is 0.667. The van der Waals surface area contributed by atoms with Crippen molar-refractivity contribution >= 4 is 0 Å². The molecule has 20 heavy (non-hydrogen) atoms. The SMILES string of the molecule is CCCC1CCCCN1C(CNCC)c1ccccc1. The molecular formula is C18H30N2. The van der Waals surface area contributed by atoms with E-state index in [0.717, 1.165) is 19.1 Å². The summed E-state index contributed by atoms with van der Waals surface area (Å²) in [4.78, 5) is 2.77. The third kappa shape index (κ3) is 4.07. The average molecular weight is 274 g/mol. The van der Waals surface area contributed by atoms with Gasteiger partial charge in [-0.25, -0.2) is 0 Å². The van der Waals surface area contributed by atoms with E-state index in [4.69, 9.17) is 0 Å². The van der Waals surface area contributed by atoms with Gasteiger partial charge in [-0.15, -0.1) is 0 Å². The van der Waals surface area contributed by atoms with Crippen molar-refractivity contribution in [2.75, 3.05) is 19.6 Å². The van der Waals surface area contributed by atoms with Crippen molar-refractivity contribution in [1.29, 1.82) is 0 Å². The lowest BCUT2D eigenvalue weighted by Gasteiger charge is -2.41. The number of likely N-dealkylation sites (N-methyl/N-ethyl adjacent to an activating group) is 1. The second-order valence-electron chi connectivity index (χ2n) is 5.91. The Morgan fingerprint density at radius 2 is 2.00 bits per heavy atom. The van der Waals surface area contributed by atoms with Gasteiger partial charge >= 0.3 is 0 Å². The maximum Gasteiger partial charge on any atom is 0.0475 e. The number of hydrogen-bond donors (Lipinski definition) is 1. The quantitative estimate of drug-likeness (QED) is 0.808. The van der Waals surface area contributed by atoms with Gasteiger partial charge in [-0.2, -0.15) is 0 Å². The zero-order valence-electron chi connectivity index (χ0n) is 13.1. The highest BCUT2D eigenvalue weighted by Gasteiger charge is 2.28. The summed E-state index contributed by atoms with van der Waals surface area (Å²) in [6.45, 7) is 7.89. The molecule has 1 aromatic rings. The van der Waals surface area contributed by atoms with Gasteiger partial charge in [0.1, 0.15) is 0 Å². The molecule has 1 N–H and O–H groups in total. The van der Waals surface area contributed by atoms with Crippen LogP contribution in [-0.2, 0) is 0 Å². The molecule has 1 heterocycles. The summed E-state index contributed by atoms with van der Waals surface area (Å²) in [5.41, 5.74) is 1.47. The van der Waals surface area contributed by atoms with Crippen LogP contribution in [0.2, 0.25) is 0 Å². The Morgan fingerprint density at radius 1 is 1.20 bits per heavy atom. The first-order chi connectivity index (χ1) is 9.86. The summed E-state index contributed by atoms with van der Waals surface area (Å²) in [6, 6.07) is 12.4. The Labute approximate surface area is 124 Å². The Kier molecular flexibility index (Phi) is 6.55. The minimum absolute atomic E-state index is 0.535. The lowest BCUT2D eigenvalue weighted by molar-refractivity contribution is 0.0870. The van der Waals surface area contributed by atoms with Crippen molar-refractivity contribution in [2.24, 2.45) is 0 Å². The molecule has 0 aliphatic carbocycles. The van der Waals surface area contributed by atoms with Crippen LogP contribution in [0.25, 0.3) is 0 Å². The number of hydrogen-bond acceptors (Lipinski definition) is 2. The van der Waals surface area contributed by atoms with Gasteiger partial charge in [0.05, 0.1) is 0 Å². The highest BCUT2D eigenvalue weighted by atomic mass is 15.2. The standard InChI is InChI=1S/C18H30N2/c1-3-10-17-13-8-9-14-20(17)18(15-19-4-2)16-11-6-5-7-12-16/h5-7,11-12,17-19H,3-4,8-10,13-15H2,1-2H3. The minimum Gasteiger partial charge on any atom is -0.315 e. The molecule has 0 spiro atoms. The van der Waals surface area contributed by atoms with E-state index < -0.39 is 0 Å². The van der Waals surface area contributed by atoms with Crippen molar-refractivity contribution in [3.8, 4) is 0 Å². The Balaban J connectivity index is 2.15. The van der Waals surface area contributed by atoms with Crippen molar-refractivity contribution in [1.82, 2.24) is 10.2 Å². The largest absolute Gasteiger partial charge is 0.315 e. The average Bonchev–Trinajstić information content (AvgIpc) is 2.50. The van der Waals surface area contributed by atoms with Crippen LogP contribution in [-0.4, -0.2) is 30.6 Å². The van der Waals surface area contributed by atoms with Crippen molar-refractivity contribution in [3.05, 3.63) is 35.9 Å². The zero-order valence-corrected chi connectivity index (χ0v) is 13.1. The zero-order chi connectivity index (χ0) is 14.2. The lowest BCUT2D eigenvalue weighted by Crippen LogP contribution is -2.45. The summed E-state index contributed by atoms with van der Waals surface area (Å²) in [7, 11) is 0. The number of nitrogens with one attached hydrogen (secondary N) is 1. The molecule has 0 aromatic heterocycles. The van der Waals surface area contributed by atoms with Gasteiger partial charge in [0.15, 0.2) is 0 Å². The fourth-order valence-corrected chi connectivity index (χ4v) is 3.46. The van der Waals surface area contributed by atoms with Gasteiger partial charge < -0.3 is 5.32 Å². The summed E-state index contributed by atoms with van der Waals surface area (Å²) < 4.78 is 0. The molecule has 2 atom stereocenters. The van der Waals surface area contributed by atoms with E-state index in [-0.39, 0.29) is 0 Å². The van der Waals surface area contributed by atoms with E-state index >= 15 is 0 Å². The first-order valence-corrected chi connectivity index (χ1v) is 8.38. The molecule has 1 aliphatic heterocycles. The van der Waals surface area contributed by atoms with Crippen LogP contribution in [0.15, 0.2) is 30.3 Å². The van der Waals surface area contributed by atoms with Gasteiger partial charge in [0, 0.05) is 18.6 Å². The molecule has 1 aliphatic rings. The fourth-order valence-electron chi connectivity index (χ4n) is 3.46. The molecule has 112 valence electrons. The monoisotopic (exact) mass is 274 g/mol. The molecule has 1 fully saturated rings. The molecule has 2 unspecified atom stereocenters. The van der Waals surface area contributed by atoms with Crippen LogP contribution in [0.1, 0.15) is 57.6 Å². The van der Waals surface area contributed by atoms with E-state index in [1.165, 1.54) is 44.2 Å². The molecule has 0 radical (unpaired) electrons.